The van der Waals surface area contributed by atoms with Crippen molar-refractivity contribution in [2.24, 2.45) is 0 Å². The molecule has 2 fully saturated rings. The minimum atomic E-state index is -4.45. The molecule has 48 heavy (non-hydrogen) atoms. The number of imide groups is 2. The van der Waals surface area contributed by atoms with Crippen molar-refractivity contribution in [2.45, 2.75) is 153 Å². The number of likely N-dealkylation sites (tertiary alicyclic amines) is 2. The van der Waals surface area contributed by atoms with Crippen molar-refractivity contribution in [1.82, 2.24) is 9.80 Å². The first kappa shape index (κ1) is 43.0. The van der Waals surface area contributed by atoms with Gasteiger partial charge >= 0.3 is 15.4 Å². The van der Waals surface area contributed by atoms with Crippen molar-refractivity contribution < 1.29 is 56.4 Å². The number of carbonyl (C=O) groups is 4. The lowest BCUT2D eigenvalue weighted by Crippen LogP contribution is -2.41. The van der Waals surface area contributed by atoms with Gasteiger partial charge < -0.3 is 19.0 Å². The zero-order valence-corrected chi connectivity index (χ0v) is 32.9. The summed E-state index contributed by atoms with van der Waals surface area (Å²) in [7, 11) is -8.87. The van der Waals surface area contributed by atoms with Crippen LogP contribution in [-0.2, 0) is 46.6 Å². The third-order valence-electron chi connectivity index (χ3n) is 8.01. The van der Waals surface area contributed by atoms with E-state index in [1.54, 1.807) is 41.5 Å². The van der Waals surface area contributed by atoms with E-state index in [1.165, 1.54) is 25.6 Å². The fraction of sp³-hybridized carbons (Fsp3) is 0.871. The summed E-state index contributed by atoms with van der Waals surface area (Å²) >= 11 is 1.26. The number of hydrogen-bond acceptors (Lipinski definition) is 11. The molecule has 2 aliphatic rings. The van der Waals surface area contributed by atoms with Gasteiger partial charge in [0.15, 0.2) is 5.34 Å². The van der Waals surface area contributed by atoms with Crippen LogP contribution in [0, 0.1) is 0 Å². The van der Waals surface area contributed by atoms with Crippen LogP contribution in [0.5, 0.6) is 0 Å². The van der Waals surface area contributed by atoms with E-state index < -0.39 is 53.5 Å². The van der Waals surface area contributed by atoms with Crippen LogP contribution in [0.4, 0.5) is 0 Å². The van der Waals surface area contributed by atoms with Gasteiger partial charge in [0.1, 0.15) is 0 Å². The van der Waals surface area contributed by atoms with Gasteiger partial charge in [-0.2, -0.15) is 0 Å². The topological polar surface area (TPSA) is 186 Å². The number of nitrogens with zero attached hydrogens (tertiary/aromatic N) is 2. The third-order valence-corrected chi connectivity index (χ3v) is 13.1. The lowest BCUT2D eigenvalue weighted by Gasteiger charge is -2.40. The fourth-order valence-corrected chi connectivity index (χ4v) is 10.3. The van der Waals surface area contributed by atoms with Gasteiger partial charge in [-0.3, -0.25) is 42.6 Å². The van der Waals surface area contributed by atoms with E-state index in [0.717, 1.165) is 16.2 Å². The Morgan fingerprint density at radius 2 is 1.25 bits per heavy atom. The second-order valence-corrected chi connectivity index (χ2v) is 20.9. The Labute approximate surface area is 289 Å². The van der Waals surface area contributed by atoms with Crippen LogP contribution in [-0.4, -0.2) is 95.1 Å². The number of amides is 4. The molecule has 0 bridgehead atoms. The molecular weight excluding hydrogens is 686 g/mol. The predicted octanol–water partition coefficient (Wildman–Crippen LogP) is 5.78. The largest absolute Gasteiger partial charge is 0.473 e. The standard InChI is InChI=1S/C31H56N2O12P2S/c1-12-15-27(2,3)44-47(40,41)45-28(4,5)16-19-42-31(10,11)46(38,39)43-29(6,7)21-30(8,9)48-22-20-25(36)33(26(22)37)18-17-32-23(34)13-14-24(32)35/h22H,12-21H2,1-11H3,(H,38,39)(H,40,41). The van der Waals surface area contributed by atoms with Crippen LogP contribution in [0.1, 0.15) is 121 Å². The Morgan fingerprint density at radius 3 is 1.77 bits per heavy atom. The molecule has 2 heterocycles. The van der Waals surface area contributed by atoms with Crippen LogP contribution in [0.15, 0.2) is 0 Å². The number of thioether (sulfide) groups is 1. The highest BCUT2D eigenvalue weighted by molar-refractivity contribution is 8.02. The monoisotopic (exact) mass is 742 g/mol. The second kappa shape index (κ2) is 15.6. The average Bonchev–Trinajstić information content (AvgIpc) is 3.29. The number of ether oxygens (including phenoxy) is 1. The molecule has 2 saturated heterocycles. The van der Waals surface area contributed by atoms with E-state index in [1.807, 2.05) is 20.8 Å². The van der Waals surface area contributed by atoms with Crippen molar-refractivity contribution >= 4 is 50.8 Å². The van der Waals surface area contributed by atoms with Crippen molar-refractivity contribution in [3.8, 4) is 0 Å². The molecule has 4 amide bonds. The maximum atomic E-state index is 13.6. The predicted molar refractivity (Wildman–Crippen MR) is 182 cm³/mol. The van der Waals surface area contributed by atoms with E-state index >= 15 is 0 Å². The number of hydrogen-bond donors (Lipinski definition) is 2. The van der Waals surface area contributed by atoms with Crippen molar-refractivity contribution in [1.29, 1.82) is 0 Å². The maximum Gasteiger partial charge on any atom is 0.473 e. The van der Waals surface area contributed by atoms with E-state index in [0.29, 0.717) is 6.42 Å². The van der Waals surface area contributed by atoms with Gasteiger partial charge in [0.2, 0.25) is 23.6 Å². The molecule has 3 atom stereocenters. The maximum absolute atomic E-state index is 13.6. The summed E-state index contributed by atoms with van der Waals surface area (Å²) in [6, 6.07) is 0. The summed E-state index contributed by atoms with van der Waals surface area (Å²) in [6.07, 6.45) is 1.85. The van der Waals surface area contributed by atoms with Gasteiger partial charge in [0, 0.05) is 37.1 Å². The highest BCUT2D eigenvalue weighted by atomic mass is 32.2. The first-order valence-corrected chi connectivity index (χ1v) is 20.3. The molecule has 2 N–H and O–H groups in total. The lowest BCUT2D eigenvalue weighted by atomic mass is 9.96. The first-order chi connectivity index (χ1) is 21.5. The van der Waals surface area contributed by atoms with E-state index in [4.69, 9.17) is 18.3 Å². The number of phosphoric ester groups is 1. The Morgan fingerprint density at radius 1 is 0.750 bits per heavy atom. The smallest absolute Gasteiger partial charge is 0.363 e. The van der Waals surface area contributed by atoms with Crippen LogP contribution in [0.2, 0.25) is 0 Å². The normalized spacial score (nSPS) is 21.3. The summed E-state index contributed by atoms with van der Waals surface area (Å²) in [5.74, 6) is -1.41. The van der Waals surface area contributed by atoms with Gasteiger partial charge in [-0.05, 0) is 74.7 Å². The molecule has 2 rings (SSSR count). The molecule has 0 spiro atoms. The number of carbonyl (C=O) groups excluding carboxylic acids is 4. The summed E-state index contributed by atoms with van der Waals surface area (Å²) in [4.78, 5) is 73.2. The number of phosphoric acid groups is 1. The summed E-state index contributed by atoms with van der Waals surface area (Å²) in [6.45, 7) is 18.2. The molecule has 0 radical (unpaired) electrons. The minimum Gasteiger partial charge on any atom is -0.363 e. The van der Waals surface area contributed by atoms with Crippen molar-refractivity contribution in [2.75, 3.05) is 19.7 Å². The summed E-state index contributed by atoms with van der Waals surface area (Å²) in [5, 5.41) is -2.36. The zero-order chi connectivity index (χ0) is 37.1. The molecule has 0 aromatic carbocycles. The van der Waals surface area contributed by atoms with E-state index in [9.17, 15) is 38.1 Å². The SMILES string of the molecule is CCCC(C)(C)OP(=O)(O)OC(C)(C)CCOC(C)(C)P(=O)(O)OC(C)(C)CC(C)(C)SC1CC(=O)N(CCN2C(=O)CCC2=O)C1=O. The Balaban J connectivity index is 1.95. The zero-order valence-electron chi connectivity index (χ0n) is 30.3. The molecular formula is C31H56N2O12P2S. The minimum absolute atomic E-state index is 0.0288. The van der Waals surface area contributed by atoms with Crippen molar-refractivity contribution in [3.05, 3.63) is 0 Å². The van der Waals surface area contributed by atoms with Gasteiger partial charge in [-0.15, -0.1) is 11.8 Å². The highest BCUT2D eigenvalue weighted by Crippen LogP contribution is 2.60. The van der Waals surface area contributed by atoms with Gasteiger partial charge in [-0.25, -0.2) is 4.57 Å². The molecule has 3 unspecified atom stereocenters. The fourth-order valence-electron chi connectivity index (χ4n) is 5.95. The molecule has 14 nitrogen and oxygen atoms in total. The van der Waals surface area contributed by atoms with Gasteiger partial charge in [-0.1, -0.05) is 27.2 Å². The highest BCUT2D eigenvalue weighted by Gasteiger charge is 2.49. The Kier molecular flexibility index (Phi) is 14.0. The molecule has 0 aliphatic carbocycles. The molecule has 0 saturated carbocycles. The molecule has 17 heteroatoms. The van der Waals surface area contributed by atoms with Crippen LogP contribution < -0.4 is 0 Å². The Bertz CT molecular complexity index is 1300. The van der Waals surface area contributed by atoms with Gasteiger partial charge in [0.05, 0.1) is 28.7 Å². The average molecular weight is 743 g/mol. The molecule has 0 aromatic rings. The summed E-state index contributed by atoms with van der Waals surface area (Å²) < 4.78 is 48.0. The van der Waals surface area contributed by atoms with Crippen LogP contribution >= 0.6 is 27.2 Å². The Hall–Kier alpha value is -1.15. The summed E-state index contributed by atoms with van der Waals surface area (Å²) in [5.41, 5.74) is -3.20. The third kappa shape index (κ3) is 12.6. The molecule has 0 aromatic heterocycles. The lowest BCUT2D eigenvalue weighted by molar-refractivity contribution is -0.143. The quantitative estimate of drug-likeness (QED) is 0.113. The second-order valence-electron chi connectivity index (χ2n) is 15.4. The van der Waals surface area contributed by atoms with Crippen molar-refractivity contribution in [3.63, 3.8) is 0 Å². The van der Waals surface area contributed by atoms with Gasteiger partial charge in [0.25, 0.3) is 0 Å². The van der Waals surface area contributed by atoms with Crippen LogP contribution in [0.3, 0.4) is 0 Å². The first-order valence-electron chi connectivity index (χ1n) is 16.3. The molecule has 2 aliphatic heterocycles. The van der Waals surface area contributed by atoms with E-state index in [2.05, 4.69) is 0 Å². The number of rotatable bonds is 20. The van der Waals surface area contributed by atoms with Crippen LogP contribution in [0.25, 0.3) is 0 Å². The molecule has 278 valence electrons. The van der Waals surface area contributed by atoms with E-state index in [-0.39, 0.29) is 69.5 Å².